The summed E-state index contributed by atoms with van der Waals surface area (Å²) in [6.45, 7) is 2.48. The van der Waals surface area contributed by atoms with E-state index in [4.69, 9.17) is 15.2 Å². The number of halogens is 3. The largest absolute Gasteiger partial charge is 0.507 e. The maximum absolute atomic E-state index is 13.2. The fourth-order valence-corrected chi connectivity index (χ4v) is 4.45. The van der Waals surface area contributed by atoms with E-state index in [0.29, 0.717) is 38.1 Å². The van der Waals surface area contributed by atoms with Gasteiger partial charge in [0.05, 0.1) is 5.56 Å². The summed E-state index contributed by atoms with van der Waals surface area (Å²) in [6.07, 6.45) is -2.60. The Labute approximate surface area is 189 Å². The maximum atomic E-state index is 13.2. The molecule has 0 aromatic heterocycles. The third-order valence-corrected chi connectivity index (χ3v) is 6.30. The topological polar surface area (TPSA) is 85.0 Å². The number of benzene rings is 2. The fourth-order valence-electron chi connectivity index (χ4n) is 4.45. The molecule has 2 aliphatic heterocycles. The number of aryl methyl sites for hydroxylation is 1. The molecule has 33 heavy (non-hydrogen) atoms. The van der Waals surface area contributed by atoms with Gasteiger partial charge in [-0.2, -0.15) is 13.2 Å². The van der Waals surface area contributed by atoms with Crippen molar-refractivity contribution in [2.24, 2.45) is 11.7 Å². The molecular weight excluding hydrogens is 437 g/mol. The first-order chi connectivity index (χ1) is 15.7. The van der Waals surface area contributed by atoms with E-state index < -0.39 is 23.6 Å². The van der Waals surface area contributed by atoms with Crippen LogP contribution < -0.4 is 10.5 Å². The predicted octanol–water partition coefficient (Wildman–Crippen LogP) is 4.83. The van der Waals surface area contributed by atoms with Gasteiger partial charge in [0.15, 0.2) is 0 Å². The molecule has 4 rings (SSSR count). The van der Waals surface area contributed by atoms with Crippen molar-refractivity contribution < 1.29 is 32.5 Å². The van der Waals surface area contributed by atoms with Gasteiger partial charge < -0.3 is 25.2 Å². The van der Waals surface area contributed by atoms with E-state index in [1.165, 1.54) is 23.2 Å². The van der Waals surface area contributed by atoms with Crippen LogP contribution in [0.2, 0.25) is 0 Å². The first-order valence-electron chi connectivity index (χ1n) is 10.7. The lowest BCUT2D eigenvalue weighted by molar-refractivity contribution is -0.138. The number of para-hydroxylation sites is 1. The Bertz CT molecular complexity index is 1080. The molecule has 0 saturated carbocycles. The van der Waals surface area contributed by atoms with E-state index in [2.05, 4.69) is 0 Å². The molecular formula is C24H25F3N2O4. The summed E-state index contributed by atoms with van der Waals surface area (Å²) in [5.41, 5.74) is 7.09. The summed E-state index contributed by atoms with van der Waals surface area (Å²) in [5.74, 6) is 0.305. The summed E-state index contributed by atoms with van der Waals surface area (Å²) in [7, 11) is 0. The monoisotopic (exact) mass is 462 g/mol. The van der Waals surface area contributed by atoms with Crippen LogP contribution in [-0.4, -0.2) is 35.3 Å². The Morgan fingerprint density at radius 1 is 1.21 bits per heavy atom. The van der Waals surface area contributed by atoms with Gasteiger partial charge in [-0.25, -0.2) is 4.79 Å². The Kier molecular flexibility index (Phi) is 6.14. The molecule has 9 heteroatoms. The number of ether oxygens (including phenoxy) is 2. The van der Waals surface area contributed by atoms with Crippen molar-refractivity contribution in [3.63, 3.8) is 0 Å². The van der Waals surface area contributed by atoms with Crippen LogP contribution in [-0.2, 0) is 17.3 Å². The van der Waals surface area contributed by atoms with Gasteiger partial charge in [-0.05, 0) is 43.4 Å². The number of hydrogen-bond acceptors (Lipinski definition) is 5. The number of fused-ring (bicyclic) bond motifs is 1. The number of nitrogens with zero attached hydrogens (tertiary/aromatic N) is 1. The molecule has 2 aromatic rings. The van der Waals surface area contributed by atoms with Crippen molar-refractivity contribution >= 4 is 11.9 Å². The van der Waals surface area contributed by atoms with E-state index in [1.54, 1.807) is 0 Å². The molecule has 2 heterocycles. The van der Waals surface area contributed by atoms with E-state index in [-0.39, 0.29) is 17.8 Å². The molecule has 1 unspecified atom stereocenters. The first-order valence-corrected chi connectivity index (χ1v) is 10.7. The molecule has 0 aliphatic carbocycles. The highest BCUT2D eigenvalue weighted by Crippen LogP contribution is 2.40. The molecule has 0 bridgehead atoms. The molecule has 1 saturated heterocycles. The average molecular weight is 462 g/mol. The van der Waals surface area contributed by atoms with Crippen molar-refractivity contribution in [2.45, 2.75) is 38.5 Å². The number of nitrogens with two attached hydrogens (primary N) is 1. The van der Waals surface area contributed by atoms with Gasteiger partial charge in [-0.15, -0.1) is 0 Å². The zero-order valence-corrected chi connectivity index (χ0v) is 18.1. The van der Waals surface area contributed by atoms with E-state index in [9.17, 15) is 23.1 Å². The number of likely N-dealkylation sites (tertiary alicyclic amines) is 1. The lowest BCUT2D eigenvalue weighted by Crippen LogP contribution is -2.44. The lowest BCUT2D eigenvalue weighted by Gasteiger charge is -2.38. The van der Waals surface area contributed by atoms with E-state index in [1.807, 2.05) is 19.1 Å². The van der Waals surface area contributed by atoms with Crippen LogP contribution in [0.25, 0.3) is 5.76 Å². The molecule has 2 aromatic carbocycles. The van der Waals surface area contributed by atoms with Crippen LogP contribution >= 0.6 is 0 Å². The molecule has 176 valence electrons. The minimum absolute atomic E-state index is 0.0829. The summed E-state index contributed by atoms with van der Waals surface area (Å²) >= 11 is 0. The van der Waals surface area contributed by atoms with Crippen LogP contribution in [0.5, 0.6) is 11.5 Å². The van der Waals surface area contributed by atoms with Crippen molar-refractivity contribution in [3.8, 4) is 11.5 Å². The minimum atomic E-state index is -4.61. The molecule has 1 fully saturated rings. The SMILES string of the molecule is Cc1ccc2c(c1O)CC(C1CCN(C(=O)Oc3ccccc3C(F)(F)F)CC1)O/C2=C\N. The van der Waals surface area contributed by atoms with Gasteiger partial charge >= 0.3 is 12.3 Å². The Balaban J connectivity index is 1.41. The quantitative estimate of drug-likeness (QED) is 0.668. The second-order valence-electron chi connectivity index (χ2n) is 8.33. The number of phenols is 1. The highest BCUT2D eigenvalue weighted by Gasteiger charge is 2.37. The van der Waals surface area contributed by atoms with Gasteiger partial charge in [-0.3, -0.25) is 0 Å². The van der Waals surface area contributed by atoms with Crippen molar-refractivity contribution in [1.82, 2.24) is 4.90 Å². The van der Waals surface area contributed by atoms with Crippen molar-refractivity contribution in [2.75, 3.05) is 13.1 Å². The van der Waals surface area contributed by atoms with Crippen LogP contribution in [0.3, 0.4) is 0 Å². The number of rotatable bonds is 2. The summed E-state index contributed by atoms with van der Waals surface area (Å²) in [4.78, 5) is 13.9. The predicted molar refractivity (Wildman–Crippen MR) is 115 cm³/mol. The van der Waals surface area contributed by atoms with Gasteiger partial charge in [-0.1, -0.05) is 24.3 Å². The molecule has 2 aliphatic rings. The van der Waals surface area contributed by atoms with E-state index in [0.717, 1.165) is 28.8 Å². The minimum Gasteiger partial charge on any atom is -0.507 e. The fraction of sp³-hybridized carbons (Fsp3) is 0.375. The van der Waals surface area contributed by atoms with Crippen LogP contribution in [0.1, 0.15) is 35.1 Å². The highest BCUT2D eigenvalue weighted by atomic mass is 19.4. The van der Waals surface area contributed by atoms with Gasteiger partial charge in [0.2, 0.25) is 0 Å². The number of carbonyl (C=O) groups excluding carboxylic acids is 1. The molecule has 3 N–H and O–H groups in total. The molecule has 0 radical (unpaired) electrons. The first kappa shape index (κ1) is 22.8. The molecule has 0 spiro atoms. The number of aromatic hydroxyl groups is 1. The number of carbonyl (C=O) groups is 1. The van der Waals surface area contributed by atoms with Gasteiger partial charge in [0.25, 0.3) is 0 Å². The second-order valence-corrected chi connectivity index (χ2v) is 8.33. The van der Waals surface area contributed by atoms with Gasteiger partial charge in [0, 0.05) is 36.8 Å². The maximum Gasteiger partial charge on any atom is 0.419 e. The second kappa shape index (κ2) is 8.88. The summed E-state index contributed by atoms with van der Waals surface area (Å²) in [6, 6.07) is 8.33. The summed E-state index contributed by atoms with van der Waals surface area (Å²) in [5, 5.41) is 10.5. The van der Waals surface area contributed by atoms with Crippen molar-refractivity contribution in [1.29, 1.82) is 0 Å². The Morgan fingerprint density at radius 3 is 2.58 bits per heavy atom. The molecule has 6 nitrogen and oxygen atoms in total. The normalized spacial score (nSPS) is 20.3. The Morgan fingerprint density at radius 2 is 1.91 bits per heavy atom. The van der Waals surface area contributed by atoms with Crippen molar-refractivity contribution in [3.05, 3.63) is 64.9 Å². The number of phenolic OH excluding ortho intramolecular Hbond substituents is 1. The number of hydrogen-bond donors (Lipinski definition) is 2. The van der Waals surface area contributed by atoms with Crippen LogP contribution in [0.4, 0.5) is 18.0 Å². The lowest BCUT2D eigenvalue weighted by atomic mass is 9.84. The standard InChI is InChI=1S/C24H25F3N2O4/c1-14-6-7-16-17(22(14)30)12-20(32-21(16)13-28)15-8-10-29(11-9-15)23(31)33-19-5-3-2-4-18(19)24(25,26)27/h2-7,13,15,20,30H,8-12,28H2,1H3/b21-13-. The highest BCUT2D eigenvalue weighted by molar-refractivity contribution is 5.71. The number of piperidine rings is 1. The third kappa shape index (κ3) is 4.58. The van der Waals surface area contributed by atoms with Gasteiger partial charge in [0.1, 0.15) is 23.4 Å². The third-order valence-electron chi connectivity index (χ3n) is 6.30. The smallest absolute Gasteiger partial charge is 0.419 e. The van der Waals surface area contributed by atoms with E-state index >= 15 is 0 Å². The van der Waals surface area contributed by atoms with Crippen LogP contribution in [0, 0.1) is 12.8 Å². The number of alkyl halides is 3. The zero-order valence-electron chi connectivity index (χ0n) is 18.1. The summed E-state index contributed by atoms with van der Waals surface area (Å²) < 4.78 is 50.7. The zero-order chi connectivity index (χ0) is 23.8. The molecule has 1 amide bonds. The average Bonchev–Trinajstić information content (AvgIpc) is 2.80. The Hall–Kier alpha value is -3.36. The molecule has 1 atom stereocenters. The number of amides is 1. The van der Waals surface area contributed by atoms with Crippen LogP contribution in [0.15, 0.2) is 42.6 Å².